The van der Waals surface area contributed by atoms with Crippen molar-refractivity contribution in [1.82, 2.24) is 19.6 Å². The maximum absolute atomic E-state index is 11.1. The van der Waals surface area contributed by atoms with Gasteiger partial charge in [0.25, 0.3) is 0 Å². The van der Waals surface area contributed by atoms with Crippen molar-refractivity contribution in [2.24, 2.45) is 0 Å². The largest absolute Gasteiger partial charge is 0.481 e. The van der Waals surface area contributed by atoms with Crippen molar-refractivity contribution in [3.8, 4) is 0 Å². The van der Waals surface area contributed by atoms with Gasteiger partial charge in [0.15, 0.2) is 6.17 Å². The number of aryl methyl sites for hydroxylation is 4. The minimum absolute atomic E-state index is 0.0517. The Hall–Kier alpha value is -2.11. The van der Waals surface area contributed by atoms with E-state index in [0.29, 0.717) is 0 Å². The number of aromatic nitrogens is 4. The standard InChI is InChI=1S/C13H18N4O2/c1-8-5-10(3)16(14-8)12(7-13(18)19)17-11(4)6-9(2)15-17/h5-6,12H,7H2,1-4H3,(H,18,19). The van der Waals surface area contributed by atoms with E-state index in [1.807, 2.05) is 39.8 Å². The van der Waals surface area contributed by atoms with Gasteiger partial charge in [-0.15, -0.1) is 0 Å². The molecule has 0 aromatic carbocycles. The molecule has 2 heterocycles. The third-order valence-corrected chi connectivity index (χ3v) is 3.01. The summed E-state index contributed by atoms with van der Waals surface area (Å²) in [5, 5.41) is 17.9. The molecule has 0 saturated carbocycles. The summed E-state index contributed by atoms with van der Waals surface area (Å²) in [5.41, 5.74) is 3.59. The maximum atomic E-state index is 11.1. The minimum Gasteiger partial charge on any atom is -0.481 e. The van der Waals surface area contributed by atoms with Crippen molar-refractivity contribution in [2.75, 3.05) is 0 Å². The van der Waals surface area contributed by atoms with Gasteiger partial charge in [-0.1, -0.05) is 0 Å². The molecule has 0 atom stereocenters. The first-order valence-electron chi connectivity index (χ1n) is 6.16. The van der Waals surface area contributed by atoms with Gasteiger partial charge in [0.1, 0.15) is 0 Å². The van der Waals surface area contributed by atoms with E-state index < -0.39 is 12.1 Å². The van der Waals surface area contributed by atoms with Crippen molar-refractivity contribution < 1.29 is 9.90 Å². The summed E-state index contributed by atoms with van der Waals surface area (Å²) in [5.74, 6) is -0.870. The molecule has 2 aromatic heterocycles. The fourth-order valence-corrected chi connectivity index (χ4v) is 2.33. The van der Waals surface area contributed by atoms with Crippen LogP contribution in [0.3, 0.4) is 0 Å². The van der Waals surface area contributed by atoms with Crippen molar-refractivity contribution in [2.45, 2.75) is 40.3 Å². The summed E-state index contributed by atoms with van der Waals surface area (Å²) < 4.78 is 3.45. The molecule has 6 nitrogen and oxygen atoms in total. The van der Waals surface area contributed by atoms with Crippen LogP contribution in [0.2, 0.25) is 0 Å². The first-order chi connectivity index (χ1) is 8.88. The summed E-state index contributed by atoms with van der Waals surface area (Å²) >= 11 is 0. The van der Waals surface area contributed by atoms with Crippen molar-refractivity contribution >= 4 is 5.97 Å². The van der Waals surface area contributed by atoms with Gasteiger partial charge in [0, 0.05) is 11.4 Å². The number of carboxylic acid groups (broad SMARTS) is 1. The number of carboxylic acids is 1. The molecule has 0 radical (unpaired) electrons. The molecular weight excluding hydrogens is 244 g/mol. The van der Waals surface area contributed by atoms with E-state index in [0.717, 1.165) is 22.8 Å². The van der Waals surface area contributed by atoms with E-state index in [9.17, 15) is 4.79 Å². The lowest BCUT2D eigenvalue weighted by Gasteiger charge is -2.19. The van der Waals surface area contributed by atoms with Gasteiger partial charge in [-0.25, -0.2) is 9.36 Å². The number of nitrogens with zero attached hydrogens (tertiary/aromatic N) is 4. The molecule has 0 bridgehead atoms. The third kappa shape index (κ3) is 2.67. The lowest BCUT2D eigenvalue weighted by molar-refractivity contribution is -0.138. The van der Waals surface area contributed by atoms with Crippen LogP contribution in [0.1, 0.15) is 35.4 Å². The molecule has 6 heteroatoms. The van der Waals surface area contributed by atoms with Gasteiger partial charge >= 0.3 is 5.97 Å². The molecule has 0 spiro atoms. The summed E-state index contributed by atoms with van der Waals surface area (Å²) in [4.78, 5) is 11.1. The highest BCUT2D eigenvalue weighted by molar-refractivity contribution is 5.67. The molecule has 0 aliphatic rings. The number of carbonyl (C=O) groups is 1. The lowest BCUT2D eigenvalue weighted by Crippen LogP contribution is -2.25. The lowest BCUT2D eigenvalue weighted by atomic mass is 10.3. The van der Waals surface area contributed by atoms with E-state index in [1.54, 1.807) is 9.36 Å². The Morgan fingerprint density at radius 2 is 1.53 bits per heavy atom. The fraction of sp³-hybridized carbons (Fsp3) is 0.462. The van der Waals surface area contributed by atoms with Crippen LogP contribution in [0.15, 0.2) is 12.1 Å². The highest BCUT2D eigenvalue weighted by Gasteiger charge is 2.22. The highest BCUT2D eigenvalue weighted by Crippen LogP contribution is 2.19. The van der Waals surface area contributed by atoms with Crippen LogP contribution in [0.4, 0.5) is 0 Å². The molecule has 0 fully saturated rings. The zero-order valence-electron chi connectivity index (χ0n) is 11.6. The average molecular weight is 262 g/mol. The maximum Gasteiger partial charge on any atom is 0.307 e. The van der Waals surface area contributed by atoms with Crippen LogP contribution in [0, 0.1) is 27.7 Å². The molecule has 0 aliphatic heterocycles. The van der Waals surface area contributed by atoms with E-state index in [4.69, 9.17) is 5.11 Å². The molecule has 19 heavy (non-hydrogen) atoms. The topological polar surface area (TPSA) is 72.9 Å². The molecule has 2 aromatic rings. The molecular formula is C13H18N4O2. The Morgan fingerprint density at radius 1 is 1.11 bits per heavy atom. The van der Waals surface area contributed by atoms with Crippen molar-refractivity contribution in [3.63, 3.8) is 0 Å². The predicted molar refractivity (Wildman–Crippen MR) is 70.1 cm³/mol. The number of rotatable bonds is 4. The molecule has 0 aliphatic carbocycles. The van der Waals surface area contributed by atoms with Gasteiger partial charge in [0.2, 0.25) is 0 Å². The smallest absolute Gasteiger partial charge is 0.307 e. The zero-order chi connectivity index (χ0) is 14.2. The van der Waals surface area contributed by atoms with E-state index >= 15 is 0 Å². The van der Waals surface area contributed by atoms with Crippen LogP contribution in [-0.4, -0.2) is 30.6 Å². The van der Waals surface area contributed by atoms with E-state index in [2.05, 4.69) is 10.2 Å². The number of aliphatic carboxylic acids is 1. The molecule has 1 N–H and O–H groups in total. The monoisotopic (exact) mass is 262 g/mol. The summed E-state index contributed by atoms with van der Waals surface area (Å²) in [7, 11) is 0. The second kappa shape index (κ2) is 4.87. The number of hydrogen-bond donors (Lipinski definition) is 1. The second-order valence-electron chi connectivity index (χ2n) is 4.82. The number of hydrogen-bond acceptors (Lipinski definition) is 3. The molecule has 2 rings (SSSR count). The summed E-state index contributed by atoms with van der Waals surface area (Å²) in [6, 6.07) is 3.86. The van der Waals surface area contributed by atoms with Crippen LogP contribution < -0.4 is 0 Å². The van der Waals surface area contributed by atoms with Crippen molar-refractivity contribution in [3.05, 3.63) is 34.9 Å². The van der Waals surface area contributed by atoms with Gasteiger partial charge in [-0.2, -0.15) is 10.2 Å². The predicted octanol–water partition coefficient (Wildman–Crippen LogP) is 1.83. The second-order valence-corrected chi connectivity index (χ2v) is 4.82. The van der Waals surface area contributed by atoms with Gasteiger partial charge in [-0.05, 0) is 39.8 Å². The van der Waals surface area contributed by atoms with Crippen LogP contribution in [0.5, 0.6) is 0 Å². The molecule has 0 amide bonds. The Labute approximate surface area is 111 Å². The van der Waals surface area contributed by atoms with Gasteiger partial charge < -0.3 is 5.11 Å². The Kier molecular flexibility index (Phi) is 3.42. The Morgan fingerprint density at radius 3 is 1.79 bits per heavy atom. The first-order valence-corrected chi connectivity index (χ1v) is 6.16. The first kappa shape index (κ1) is 13.3. The SMILES string of the molecule is Cc1cc(C)n(C(CC(=O)O)n2nc(C)cc2C)n1. The highest BCUT2D eigenvalue weighted by atomic mass is 16.4. The summed E-state index contributed by atoms with van der Waals surface area (Å²) in [6.07, 6.45) is -0.482. The van der Waals surface area contributed by atoms with E-state index in [1.165, 1.54) is 0 Å². The molecule has 0 saturated heterocycles. The van der Waals surface area contributed by atoms with Crippen molar-refractivity contribution in [1.29, 1.82) is 0 Å². The summed E-state index contributed by atoms with van der Waals surface area (Å²) in [6.45, 7) is 7.62. The third-order valence-electron chi connectivity index (χ3n) is 3.01. The quantitative estimate of drug-likeness (QED) is 0.912. The average Bonchev–Trinajstić information content (AvgIpc) is 2.78. The fourth-order valence-electron chi connectivity index (χ4n) is 2.33. The Bertz CT molecular complexity index is 566. The van der Waals surface area contributed by atoms with Gasteiger partial charge in [-0.3, -0.25) is 4.79 Å². The molecule has 102 valence electrons. The van der Waals surface area contributed by atoms with Crippen LogP contribution in [-0.2, 0) is 4.79 Å². The Balaban J connectivity index is 2.50. The van der Waals surface area contributed by atoms with E-state index in [-0.39, 0.29) is 6.42 Å². The minimum atomic E-state index is -0.870. The normalized spacial score (nSPS) is 11.2. The van der Waals surface area contributed by atoms with Crippen LogP contribution >= 0.6 is 0 Å². The molecule has 0 unspecified atom stereocenters. The zero-order valence-corrected chi connectivity index (χ0v) is 11.6. The van der Waals surface area contributed by atoms with Gasteiger partial charge in [0.05, 0.1) is 17.8 Å². The van der Waals surface area contributed by atoms with Crippen LogP contribution in [0.25, 0.3) is 0 Å².